The SMILES string of the molecule is Cc1nc(C(NC2CC2)c2cnn(C)c2C)sc1C. The highest BCUT2D eigenvalue weighted by Crippen LogP contribution is 2.33. The highest BCUT2D eigenvalue weighted by Gasteiger charge is 2.30. The van der Waals surface area contributed by atoms with Crippen LogP contribution < -0.4 is 5.32 Å². The van der Waals surface area contributed by atoms with E-state index in [-0.39, 0.29) is 6.04 Å². The molecule has 1 unspecified atom stereocenters. The summed E-state index contributed by atoms with van der Waals surface area (Å²) >= 11 is 1.79. The van der Waals surface area contributed by atoms with E-state index in [9.17, 15) is 0 Å². The summed E-state index contributed by atoms with van der Waals surface area (Å²) in [4.78, 5) is 6.04. The lowest BCUT2D eigenvalue weighted by atomic mass is 10.1. The summed E-state index contributed by atoms with van der Waals surface area (Å²) in [6, 6.07) is 0.840. The van der Waals surface area contributed by atoms with Gasteiger partial charge in [-0.15, -0.1) is 11.3 Å². The third-order valence-electron chi connectivity index (χ3n) is 3.86. The molecule has 0 amide bonds. The van der Waals surface area contributed by atoms with Crippen LogP contribution in [0.1, 0.15) is 45.7 Å². The Morgan fingerprint density at radius 2 is 2.11 bits per heavy atom. The van der Waals surface area contributed by atoms with Crippen molar-refractivity contribution in [2.45, 2.75) is 45.7 Å². The van der Waals surface area contributed by atoms with Gasteiger partial charge in [-0.05, 0) is 33.6 Å². The van der Waals surface area contributed by atoms with Crippen molar-refractivity contribution in [3.8, 4) is 0 Å². The first-order valence-corrected chi connectivity index (χ1v) is 7.56. The Morgan fingerprint density at radius 1 is 1.37 bits per heavy atom. The van der Waals surface area contributed by atoms with Crippen molar-refractivity contribution in [1.29, 1.82) is 0 Å². The molecule has 0 aromatic carbocycles. The Hall–Kier alpha value is -1.20. The van der Waals surface area contributed by atoms with Crippen LogP contribution in [0.15, 0.2) is 6.20 Å². The molecule has 19 heavy (non-hydrogen) atoms. The molecule has 5 heteroatoms. The summed E-state index contributed by atoms with van der Waals surface area (Å²) in [7, 11) is 1.99. The number of hydrogen-bond acceptors (Lipinski definition) is 4. The maximum absolute atomic E-state index is 4.74. The highest BCUT2D eigenvalue weighted by atomic mass is 32.1. The van der Waals surface area contributed by atoms with Crippen molar-refractivity contribution in [3.05, 3.63) is 33.0 Å². The largest absolute Gasteiger partial charge is 0.301 e. The number of rotatable bonds is 4. The molecule has 1 atom stereocenters. The van der Waals surface area contributed by atoms with Gasteiger partial charge < -0.3 is 5.32 Å². The zero-order valence-corrected chi connectivity index (χ0v) is 12.7. The molecule has 2 aromatic heterocycles. The van der Waals surface area contributed by atoms with Crippen molar-refractivity contribution >= 4 is 11.3 Å². The van der Waals surface area contributed by atoms with Gasteiger partial charge in [0.25, 0.3) is 0 Å². The van der Waals surface area contributed by atoms with Gasteiger partial charge in [0.2, 0.25) is 0 Å². The van der Waals surface area contributed by atoms with Gasteiger partial charge in [-0.3, -0.25) is 4.68 Å². The third-order valence-corrected chi connectivity index (χ3v) is 4.99. The maximum atomic E-state index is 4.74. The van der Waals surface area contributed by atoms with Crippen molar-refractivity contribution in [3.63, 3.8) is 0 Å². The van der Waals surface area contributed by atoms with Crippen LogP contribution in [0.4, 0.5) is 0 Å². The number of nitrogens with zero attached hydrogens (tertiary/aromatic N) is 3. The van der Waals surface area contributed by atoms with E-state index in [1.54, 1.807) is 11.3 Å². The molecule has 1 saturated carbocycles. The maximum Gasteiger partial charge on any atom is 0.115 e. The van der Waals surface area contributed by atoms with E-state index < -0.39 is 0 Å². The summed E-state index contributed by atoms with van der Waals surface area (Å²) in [5.74, 6) is 0. The van der Waals surface area contributed by atoms with E-state index in [0.29, 0.717) is 6.04 Å². The number of aryl methyl sites for hydroxylation is 3. The lowest BCUT2D eigenvalue weighted by Crippen LogP contribution is -2.24. The first kappa shape index (κ1) is 12.8. The summed E-state index contributed by atoms with van der Waals surface area (Å²) in [6.07, 6.45) is 4.53. The second-order valence-electron chi connectivity index (χ2n) is 5.38. The van der Waals surface area contributed by atoms with Crippen molar-refractivity contribution in [2.75, 3.05) is 0 Å². The average molecular weight is 276 g/mol. The van der Waals surface area contributed by atoms with E-state index >= 15 is 0 Å². The molecule has 0 aliphatic heterocycles. The van der Waals surface area contributed by atoms with Crippen molar-refractivity contribution in [2.24, 2.45) is 7.05 Å². The van der Waals surface area contributed by atoms with Crippen LogP contribution in [0.2, 0.25) is 0 Å². The van der Waals surface area contributed by atoms with E-state index in [4.69, 9.17) is 4.98 Å². The van der Waals surface area contributed by atoms with Gasteiger partial charge >= 0.3 is 0 Å². The lowest BCUT2D eigenvalue weighted by molar-refractivity contribution is 0.593. The Bertz CT molecular complexity index is 575. The number of nitrogens with one attached hydrogen (secondary N) is 1. The third kappa shape index (κ3) is 2.44. The Balaban J connectivity index is 1.99. The smallest absolute Gasteiger partial charge is 0.115 e. The molecule has 102 valence electrons. The Kier molecular flexibility index (Phi) is 3.19. The van der Waals surface area contributed by atoms with Crippen LogP contribution >= 0.6 is 11.3 Å². The minimum atomic E-state index is 0.193. The Labute approximate surface area is 117 Å². The van der Waals surface area contributed by atoms with Crippen molar-refractivity contribution < 1.29 is 0 Å². The van der Waals surface area contributed by atoms with E-state index in [1.807, 2.05) is 17.9 Å². The number of aromatic nitrogens is 3. The molecule has 0 saturated heterocycles. The van der Waals surface area contributed by atoms with Crippen LogP contribution in [-0.4, -0.2) is 20.8 Å². The molecule has 0 radical (unpaired) electrons. The molecule has 1 aliphatic rings. The number of thiazole rings is 1. The van der Waals surface area contributed by atoms with E-state index in [1.165, 1.54) is 29.0 Å². The minimum Gasteiger partial charge on any atom is -0.301 e. The second kappa shape index (κ2) is 4.72. The molecule has 3 rings (SSSR count). The van der Waals surface area contributed by atoms with Gasteiger partial charge in [0.1, 0.15) is 5.01 Å². The van der Waals surface area contributed by atoms with E-state index in [2.05, 4.69) is 31.2 Å². The minimum absolute atomic E-state index is 0.193. The summed E-state index contributed by atoms with van der Waals surface area (Å²) in [5, 5.41) is 9.25. The molecule has 1 aliphatic carbocycles. The predicted octanol–water partition coefficient (Wildman–Crippen LogP) is 2.64. The fourth-order valence-corrected chi connectivity index (χ4v) is 3.20. The van der Waals surface area contributed by atoms with E-state index in [0.717, 1.165) is 10.7 Å². The van der Waals surface area contributed by atoms with Gasteiger partial charge in [-0.25, -0.2) is 4.98 Å². The van der Waals surface area contributed by atoms with Crippen LogP contribution in [0.3, 0.4) is 0 Å². The van der Waals surface area contributed by atoms with Crippen LogP contribution in [0, 0.1) is 20.8 Å². The zero-order chi connectivity index (χ0) is 13.6. The standard InChI is InChI=1S/C14H20N4S/c1-8-10(3)19-14(16-8)13(17-11-5-6-11)12-7-15-18(4)9(12)2/h7,11,13,17H,5-6H2,1-4H3. The molecule has 2 aromatic rings. The first-order chi connectivity index (χ1) is 9.06. The van der Waals surface area contributed by atoms with Gasteiger partial charge in [-0.2, -0.15) is 5.10 Å². The monoisotopic (exact) mass is 276 g/mol. The fourth-order valence-electron chi connectivity index (χ4n) is 2.20. The van der Waals surface area contributed by atoms with Gasteiger partial charge in [0.15, 0.2) is 0 Å². The summed E-state index contributed by atoms with van der Waals surface area (Å²) in [6.45, 7) is 6.34. The van der Waals surface area contributed by atoms with Gasteiger partial charge in [0.05, 0.1) is 17.9 Å². The normalized spacial score (nSPS) is 16.8. The van der Waals surface area contributed by atoms with Gasteiger partial charge in [0, 0.05) is 29.2 Å². The topological polar surface area (TPSA) is 42.7 Å². The first-order valence-electron chi connectivity index (χ1n) is 6.74. The lowest BCUT2D eigenvalue weighted by Gasteiger charge is -2.16. The quantitative estimate of drug-likeness (QED) is 0.933. The molecule has 0 bridgehead atoms. The van der Waals surface area contributed by atoms with Crippen LogP contribution in [-0.2, 0) is 7.05 Å². The highest BCUT2D eigenvalue weighted by molar-refractivity contribution is 7.11. The van der Waals surface area contributed by atoms with Crippen molar-refractivity contribution in [1.82, 2.24) is 20.1 Å². The fraction of sp³-hybridized carbons (Fsp3) is 0.571. The van der Waals surface area contributed by atoms with Crippen LogP contribution in [0.5, 0.6) is 0 Å². The molecular formula is C14H20N4S. The molecular weight excluding hydrogens is 256 g/mol. The molecule has 0 spiro atoms. The summed E-state index contributed by atoms with van der Waals surface area (Å²) < 4.78 is 1.93. The molecule has 1 N–H and O–H groups in total. The second-order valence-corrected chi connectivity index (χ2v) is 6.61. The van der Waals surface area contributed by atoms with Gasteiger partial charge in [-0.1, -0.05) is 0 Å². The van der Waals surface area contributed by atoms with Crippen LogP contribution in [0.25, 0.3) is 0 Å². The average Bonchev–Trinajstić information content (AvgIpc) is 3.06. The molecule has 1 fully saturated rings. The summed E-state index contributed by atoms with van der Waals surface area (Å²) in [5.41, 5.74) is 3.61. The molecule has 4 nitrogen and oxygen atoms in total. The number of hydrogen-bond donors (Lipinski definition) is 1. The Morgan fingerprint density at radius 3 is 2.58 bits per heavy atom. The predicted molar refractivity (Wildman–Crippen MR) is 77.5 cm³/mol. The molecule has 2 heterocycles. The zero-order valence-electron chi connectivity index (χ0n) is 11.9.